The number of aliphatic hydroxyl groups is 2. The van der Waals surface area contributed by atoms with Crippen LogP contribution in [0, 0.1) is 11.8 Å². The second-order valence-electron chi connectivity index (χ2n) is 11.4. The van der Waals surface area contributed by atoms with E-state index in [0.29, 0.717) is 17.9 Å². The van der Waals surface area contributed by atoms with Gasteiger partial charge in [-0.15, -0.1) is 0 Å². The molecule has 1 aromatic heterocycles. The minimum Gasteiger partial charge on any atom is -0.492 e. The SMILES string of the molecule is CC.CC.CCn1nccc1-c1ccc(C(CO)NC(=O)C2CC(O)CN2C(=O)C(C)C(C)C)c(OCCN2CCNCC2)c1. The molecule has 11 heteroatoms. The van der Waals surface area contributed by atoms with E-state index in [4.69, 9.17) is 4.74 Å². The number of aromatic nitrogens is 2. The minimum absolute atomic E-state index is 0.109. The molecule has 2 aliphatic rings. The van der Waals surface area contributed by atoms with Crippen molar-refractivity contribution in [2.45, 2.75) is 86.5 Å². The summed E-state index contributed by atoms with van der Waals surface area (Å²) in [5, 5.41) is 31.5. The lowest BCUT2D eigenvalue weighted by Gasteiger charge is -2.30. The van der Waals surface area contributed by atoms with E-state index in [-0.39, 0.29) is 37.3 Å². The normalized spacial score (nSPS) is 19.6. The summed E-state index contributed by atoms with van der Waals surface area (Å²) in [5.74, 6) is -0.133. The summed E-state index contributed by atoms with van der Waals surface area (Å²) in [6, 6.07) is 6.14. The summed E-state index contributed by atoms with van der Waals surface area (Å²) in [7, 11) is 0. The third-order valence-electron chi connectivity index (χ3n) is 8.33. The second kappa shape index (κ2) is 19.5. The summed E-state index contributed by atoms with van der Waals surface area (Å²) in [6.45, 7) is 21.3. The van der Waals surface area contributed by atoms with Crippen LogP contribution in [0.5, 0.6) is 5.75 Å². The molecular weight excluding hydrogens is 572 g/mol. The molecule has 0 saturated carbocycles. The highest BCUT2D eigenvalue weighted by atomic mass is 16.5. The summed E-state index contributed by atoms with van der Waals surface area (Å²) >= 11 is 0. The molecule has 2 fully saturated rings. The molecule has 2 amide bonds. The van der Waals surface area contributed by atoms with Crippen molar-refractivity contribution in [2.24, 2.45) is 11.8 Å². The van der Waals surface area contributed by atoms with E-state index in [1.54, 1.807) is 6.20 Å². The molecule has 45 heavy (non-hydrogen) atoms. The third kappa shape index (κ3) is 10.3. The zero-order valence-corrected chi connectivity index (χ0v) is 28.8. The van der Waals surface area contributed by atoms with Gasteiger partial charge in [0, 0.05) is 75.5 Å². The predicted molar refractivity (Wildman–Crippen MR) is 179 cm³/mol. The van der Waals surface area contributed by atoms with Crippen molar-refractivity contribution < 1.29 is 24.5 Å². The zero-order chi connectivity index (χ0) is 33.5. The van der Waals surface area contributed by atoms with Crippen LogP contribution in [0.1, 0.15) is 73.4 Å². The van der Waals surface area contributed by atoms with E-state index in [9.17, 15) is 19.8 Å². The number of amides is 2. The van der Waals surface area contributed by atoms with Crippen LogP contribution >= 0.6 is 0 Å². The number of likely N-dealkylation sites (tertiary alicyclic amines) is 1. The monoisotopic (exact) mass is 630 g/mol. The molecular formula is C34H58N6O5. The van der Waals surface area contributed by atoms with Crippen molar-refractivity contribution in [3.8, 4) is 17.0 Å². The standard InChI is InChI=1S/C30H46N6O5.2C2H6/c1-5-36-26(8-9-32-36)22-6-7-24(28(16-22)41-15-14-34-12-10-31-11-13-34)25(19-37)33-29(39)27-17-23(38)18-35(27)30(40)21(4)20(2)3;2*1-2/h6-9,16,20-21,23,25,27,31,37-38H,5,10-15,17-19H2,1-4H3,(H,33,39);2*1-2H3. The van der Waals surface area contributed by atoms with Gasteiger partial charge in [-0.3, -0.25) is 19.2 Å². The molecule has 254 valence electrons. The number of ether oxygens (including phenoxy) is 1. The lowest BCUT2D eigenvalue weighted by atomic mass is 9.96. The molecule has 2 aliphatic heterocycles. The van der Waals surface area contributed by atoms with Crippen LogP contribution in [0.25, 0.3) is 11.3 Å². The van der Waals surface area contributed by atoms with Gasteiger partial charge in [0.25, 0.3) is 0 Å². The second-order valence-corrected chi connectivity index (χ2v) is 11.4. The number of rotatable bonds is 12. The van der Waals surface area contributed by atoms with Crippen molar-refractivity contribution in [1.29, 1.82) is 0 Å². The molecule has 0 radical (unpaired) electrons. The number of benzene rings is 1. The Morgan fingerprint density at radius 2 is 1.80 bits per heavy atom. The zero-order valence-electron chi connectivity index (χ0n) is 28.8. The molecule has 1 aromatic carbocycles. The third-order valence-corrected chi connectivity index (χ3v) is 8.33. The highest BCUT2D eigenvalue weighted by Crippen LogP contribution is 2.32. The molecule has 4 rings (SSSR count). The highest BCUT2D eigenvalue weighted by molar-refractivity contribution is 5.89. The first-order valence-electron chi connectivity index (χ1n) is 16.8. The van der Waals surface area contributed by atoms with Crippen LogP contribution < -0.4 is 15.4 Å². The maximum absolute atomic E-state index is 13.5. The number of nitrogens with zero attached hydrogens (tertiary/aromatic N) is 4. The Balaban J connectivity index is 0.00000169. The fraction of sp³-hybridized carbons (Fsp3) is 0.676. The summed E-state index contributed by atoms with van der Waals surface area (Å²) in [5.41, 5.74) is 2.52. The molecule has 4 unspecified atom stereocenters. The smallest absolute Gasteiger partial charge is 0.243 e. The van der Waals surface area contributed by atoms with Crippen LogP contribution in [0.4, 0.5) is 0 Å². The molecule has 4 N–H and O–H groups in total. The van der Waals surface area contributed by atoms with Crippen molar-refractivity contribution in [3.63, 3.8) is 0 Å². The molecule has 0 spiro atoms. The van der Waals surface area contributed by atoms with Gasteiger partial charge in [-0.2, -0.15) is 5.10 Å². The first kappa shape index (κ1) is 38.2. The summed E-state index contributed by atoms with van der Waals surface area (Å²) in [6.07, 6.45) is 1.15. The number of nitrogens with one attached hydrogen (secondary N) is 2. The van der Waals surface area contributed by atoms with Gasteiger partial charge >= 0.3 is 0 Å². The Bertz CT molecular complexity index is 1170. The predicted octanol–water partition coefficient (Wildman–Crippen LogP) is 3.31. The van der Waals surface area contributed by atoms with Gasteiger partial charge in [0.1, 0.15) is 18.4 Å². The van der Waals surface area contributed by atoms with Crippen LogP contribution in [-0.2, 0) is 16.1 Å². The van der Waals surface area contributed by atoms with Gasteiger partial charge in [-0.25, -0.2) is 0 Å². The first-order valence-corrected chi connectivity index (χ1v) is 16.8. The Labute approximate surface area is 270 Å². The maximum atomic E-state index is 13.5. The van der Waals surface area contributed by atoms with Crippen LogP contribution in [0.2, 0.25) is 0 Å². The maximum Gasteiger partial charge on any atom is 0.243 e. The van der Waals surface area contributed by atoms with E-state index in [1.807, 2.05) is 84.3 Å². The number of β-amino-alcohol motifs (C(OH)–C–C–N with tert-alkyl or cyclic N) is 1. The van der Waals surface area contributed by atoms with E-state index in [2.05, 4.69) is 20.6 Å². The average Bonchev–Trinajstić information content (AvgIpc) is 3.72. The molecule has 0 aliphatic carbocycles. The number of piperazine rings is 1. The van der Waals surface area contributed by atoms with Crippen LogP contribution in [-0.4, -0.2) is 106 Å². The fourth-order valence-electron chi connectivity index (χ4n) is 5.50. The van der Waals surface area contributed by atoms with Gasteiger partial charge in [0.15, 0.2) is 0 Å². The Morgan fingerprint density at radius 3 is 2.42 bits per heavy atom. The van der Waals surface area contributed by atoms with Crippen molar-refractivity contribution in [2.75, 3.05) is 52.5 Å². The fourth-order valence-corrected chi connectivity index (χ4v) is 5.50. The average molecular weight is 631 g/mol. The minimum atomic E-state index is -0.803. The van der Waals surface area contributed by atoms with Crippen LogP contribution in [0.3, 0.4) is 0 Å². The largest absolute Gasteiger partial charge is 0.492 e. The number of hydrogen-bond donors (Lipinski definition) is 4. The van der Waals surface area contributed by atoms with E-state index in [0.717, 1.165) is 50.5 Å². The quantitative estimate of drug-likeness (QED) is 0.281. The van der Waals surface area contributed by atoms with Gasteiger partial charge < -0.3 is 30.5 Å². The Kier molecular flexibility index (Phi) is 16.6. The molecule has 4 atom stereocenters. The number of hydrogen-bond acceptors (Lipinski definition) is 8. The number of aliphatic hydroxyl groups excluding tert-OH is 2. The van der Waals surface area contributed by atoms with Crippen molar-refractivity contribution in [1.82, 2.24) is 30.2 Å². The topological polar surface area (TPSA) is 132 Å². The summed E-state index contributed by atoms with van der Waals surface area (Å²) in [4.78, 5) is 30.5. The molecule has 0 bridgehead atoms. The van der Waals surface area contributed by atoms with E-state index >= 15 is 0 Å². The van der Waals surface area contributed by atoms with Gasteiger partial charge in [-0.05, 0) is 25.0 Å². The molecule has 2 saturated heterocycles. The molecule has 2 aromatic rings. The Hall–Kier alpha value is -2.99. The van der Waals surface area contributed by atoms with Gasteiger partial charge in [0.05, 0.1) is 24.4 Å². The lowest BCUT2D eigenvalue weighted by molar-refractivity contribution is -0.142. The number of aryl methyl sites for hydroxylation is 1. The van der Waals surface area contributed by atoms with Gasteiger partial charge in [-0.1, -0.05) is 60.6 Å². The number of carbonyl (C=O) groups excluding carboxylic acids is 2. The van der Waals surface area contributed by atoms with Crippen molar-refractivity contribution >= 4 is 11.8 Å². The van der Waals surface area contributed by atoms with E-state index in [1.165, 1.54) is 4.90 Å². The number of carbonyl (C=O) groups is 2. The first-order chi connectivity index (χ1) is 21.7. The van der Waals surface area contributed by atoms with Crippen LogP contribution in [0.15, 0.2) is 30.5 Å². The Morgan fingerprint density at radius 1 is 1.11 bits per heavy atom. The molecule has 3 heterocycles. The van der Waals surface area contributed by atoms with Gasteiger partial charge in [0.2, 0.25) is 11.8 Å². The lowest BCUT2D eigenvalue weighted by Crippen LogP contribution is -2.49. The summed E-state index contributed by atoms with van der Waals surface area (Å²) < 4.78 is 8.22. The molecule has 11 nitrogen and oxygen atoms in total. The van der Waals surface area contributed by atoms with Crippen molar-refractivity contribution in [3.05, 3.63) is 36.0 Å². The van der Waals surface area contributed by atoms with E-state index < -0.39 is 24.1 Å². The highest BCUT2D eigenvalue weighted by Gasteiger charge is 2.41.